The number of nitrogens with zero attached hydrogens (tertiary/aromatic N) is 3. The molecule has 1 aromatic carbocycles. The van der Waals surface area contributed by atoms with Gasteiger partial charge in [-0.05, 0) is 17.7 Å². The normalized spacial score (nSPS) is 16.7. The molecule has 1 aromatic heterocycles. The number of carbonyl (C=O) groups is 2. The fourth-order valence-corrected chi connectivity index (χ4v) is 2.83. The van der Waals surface area contributed by atoms with E-state index in [2.05, 4.69) is 10.4 Å². The van der Waals surface area contributed by atoms with Crippen LogP contribution in [0.15, 0.2) is 30.6 Å². The Bertz CT molecular complexity index is 771. The molecule has 2 aromatic rings. The Morgan fingerprint density at radius 2 is 2.30 bits per heavy atom. The third kappa shape index (κ3) is 3.08. The molecule has 7 heteroatoms. The fourth-order valence-electron chi connectivity index (χ4n) is 2.83. The summed E-state index contributed by atoms with van der Waals surface area (Å²) in [4.78, 5) is 26.1. The second kappa shape index (κ2) is 5.83. The predicted molar refractivity (Wildman–Crippen MR) is 82.1 cm³/mol. The van der Waals surface area contributed by atoms with Crippen molar-refractivity contribution in [2.75, 3.05) is 12.4 Å². The highest BCUT2D eigenvalue weighted by molar-refractivity contribution is 6.01. The molecule has 1 aliphatic rings. The molecule has 1 aliphatic heterocycles. The van der Waals surface area contributed by atoms with E-state index in [1.54, 1.807) is 28.9 Å². The summed E-state index contributed by atoms with van der Waals surface area (Å²) in [7, 11) is 3.49. The van der Waals surface area contributed by atoms with E-state index in [-0.39, 0.29) is 18.2 Å². The molecular formula is C16H17FN4O2. The Labute approximate surface area is 132 Å². The predicted octanol–water partition coefficient (Wildman–Crippen LogP) is 1.64. The summed E-state index contributed by atoms with van der Waals surface area (Å²) in [6.07, 6.45) is 3.59. The van der Waals surface area contributed by atoms with Crippen molar-refractivity contribution < 1.29 is 14.0 Å². The van der Waals surface area contributed by atoms with Gasteiger partial charge in [0.15, 0.2) is 0 Å². The van der Waals surface area contributed by atoms with Crippen molar-refractivity contribution in [1.29, 1.82) is 0 Å². The second-order valence-electron chi connectivity index (χ2n) is 5.75. The Morgan fingerprint density at radius 1 is 1.52 bits per heavy atom. The minimum Gasteiger partial charge on any atom is -0.341 e. The number of benzene rings is 1. The van der Waals surface area contributed by atoms with Gasteiger partial charge >= 0.3 is 0 Å². The molecule has 2 heterocycles. The molecule has 0 radical (unpaired) electrons. The average Bonchev–Trinajstić information content (AvgIpc) is 2.90. The van der Waals surface area contributed by atoms with Gasteiger partial charge in [-0.3, -0.25) is 14.3 Å². The van der Waals surface area contributed by atoms with Crippen LogP contribution < -0.4 is 5.32 Å². The number of likely N-dealkylation sites (N-methyl/N-ethyl adjacent to an activating group) is 1. The largest absolute Gasteiger partial charge is 0.341 e. The molecule has 6 nitrogen and oxygen atoms in total. The van der Waals surface area contributed by atoms with Gasteiger partial charge in [0.1, 0.15) is 5.82 Å². The summed E-state index contributed by atoms with van der Waals surface area (Å²) in [5.74, 6) is -1.49. The molecule has 1 N–H and O–H groups in total. The van der Waals surface area contributed by atoms with E-state index in [9.17, 15) is 14.0 Å². The highest BCUT2D eigenvalue weighted by Gasteiger charge is 2.32. The lowest BCUT2D eigenvalue weighted by atomic mass is 9.89. The molecule has 0 unspecified atom stereocenters. The van der Waals surface area contributed by atoms with Gasteiger partial charge in [0.2, 0.25) is 11.8 Å². The van der Waals surface area contributed by atoms with Crippen molar-refractivity contribution in [1.82, 2.24) is 14.7 Å². The summed E-state index contributed by atoms with van der Waals surface area (Å²) in [5, 5.41) is 6.69. The van der Waals surface area contributed by atoms with Crippen LogP contribution in [-0.2, 0) is 23.2 Å². The highest BCUT2D eigenvalue weighted by Crippen LogP contribution is 2.34. The number of carbonyl (C=O) groups excluding carboxylic acids is 2. The Kier molecular flexibility index (Phi) is 3.85. The van der Waals surface area contributed by atoms with E-state index >= 15 is 0 Å². The van der Waals surface area contributed by atoms with Crippen LogP contribution in [0.4, 0.5) is 10.1 Å². The minimum absolute atomic E-state index is 0.0643. The van der Waals surface area contributed by atoms with Crippen LogP contribution in [0.2, 0.25) is 0 Å². The van der Waals surface area contributed by atoms with E-state index in [1.165, 1.54) is 12.1 Å². The van der Waals surface area contributed by atoms with Crippen molar-refractivity contribution >= 4 is 17.5 Å². The zero-order valence-electron chi connectivity index (χ0n) is 12.9. The molecule has 0 bridgehead atoms. The van der Waals surface area contributed by atoms with Crippen LogP contribution in [0.5, 0.6) is 0 Å². The average molecular weight is 316 g/mol. The first-order valence-electron chi connectivity index (χ1n) is 7.26. The molecule has 3 rings (SSSR count). The van der Waals surface area contributed by atoms with E-state index in [1.807, 2.05) is 13.2 Å². The number of hydrogen-bond acceptors (Lipinski definition) is 3. The van der Waals surface area contributed by atoms with Gasteiger partial charge in [0.05, 0.1) is 12.1 Å². The second-order valence-corrected chi connectivity index (χ2v) is 5.75. The number of aromatic nitrogens is 2. The van der Waals surface area contributed by atoms with Crippen LogP contribution in [0.3, 0.4) is 0 Å². The van der Waals surface area contributed by atoms with Gasteiger partial charge in [0.25, 0.3) is 0 Å². The molecule has 23 heavy (non-hydrogen) atoms. The first-order valence-corrected chi connectivity index (χ1v) is 7.26. The monoisotopic (exact) mass is 316 g/mol. The molecule has 0 fully saturated rings. The minimum atomic E-state index is -0.596. The number of halogens is 1. The third-order valence-corrected chi connectivity index (χ3v) is 3.91. The van der Waals surface area contributed by atoms with Gasteiger partial charge in [-0.1, -0.05) is 6.07 Å². The topological polar surface area (TPSA) is 67.2 Å². The first-order chi connectivity index (χ1) is 10.9. The van der Waals surface area contributed by atoms with Crippen molar-refractivity contribution in [3.05, 3.63) is 47.5 Å². The van der Waals surface area contributed by atoms with Crippen molar-refractivity contribution in [3.63, 3.8) is 0 Å². The first kappa shape index (κ1) is 15.2. The summed E-state index contributed by atoms with van der Waals surface area (Å²) in [6.45, 7) is 0.404. The number of anilines is 1. The van der Waals surface area contributed by atoms with Gasteiger partial charge in [0, 0.05) is 44.5 Å². The molecule has 0 aliphatic carbocycles. The van der Waals surface area contributed by atoms with Crippen LogP contribution in [0, 0.1) is 5.82 Å². The van der Waals surface area contributed by atoms with E-state index < -0.39 is 11.7 Å². The Hall–Kier alpha value is -2.70. The number of hydrogen-bond donors (Lipinski definition) is 1. The van der Waals surface area contributed by atoms with E-state index in [0.717, 1.165) is 5.56 Å². The van der Waals surface area contributed by atoms with Gasteiger partial charge in [-0.25, -0.2) is 4.39 Å². The summed E-state index contributed by atoms with van der Waals surface area (Å²) < 4.78 is 15.0. The lowest BCUT2D eigenvalue weighted by molar-refractivity contribution is -0.134. The maximum Gasteiger partial charge on any atom is 0.230 e. The zero-order chi connectivity index (χ0) is 16.6. The van der Waals surface area contributed by atoms with Crippen molar-refractivity contribution in [2.45, 2.75) is 18.9 Å². The third-order valence-electron chi connectivity index (χ3n) is 3.91. The smallest absolute Gasteiger partial charge is 0.230 e. The fraction of sp³-hybridized carbons (Fsp3) is 0.312. The number of amides is 2. The number of rotatable bonds is 3. The SMILES string of the molecule is CN(Cc1cnn(C)c1)C(=O)[C@H]1CC(=O)Nc2cc(F)ccc21. The summed E-state index contributed by atoms with van der Waals surface area (Å²) >= 11 is 0. The lowest BCUT2D eigenvalue weighted by Crippen LogP contribution is -2.36. The van der Waals surface area contributed by atoms with Crippen LogP contribution >= 0.6 is 0 Å². The Balaban J connectivity index is 1.83. The van der Waals surface area contributed by atoms with Crippen molar-refractivity contribution in [2.24, 2.45) is 7.05 Å². The number of nitrogens with one attached hydrogen (secondary N) is 1. The van der Waals surface area contributed by atoms with Gasteiger partial charge < -0.3 is 10.2 Å². The summed E-state index contributed by atoms with van der Waals surface area (Å²) in [6, 6.07) is 4.11. The van der Waals surface area contributed by atoms with E-state index in [4.69, 9.17) is 0 Å². The maximum atomic E-state index is 13.3. The molecule has 120 valence electrons. The molecular weight excluding hydrogens is 299 g/mol. The quantitative estimate of drug-likeness (QED) is 0.936. The van der Waals surface area contributed by atoms with Gasteiger partial charge in [-0.2, -0.15) is 5.10 Å². The molecule has 2 amide bonds. The highest BCUT2D eigenvalue weighted by atomic mass is 19.1. The standard InChI is InChI=1S/C16H17FN4O2/c1-20(8-10-7-18-21(2)9-10)16(23)13-6-15(22)19-14-5-11(17)3-4-12(13)14/h3-5,7,9,13H,6,8H2,1-2H3,(H,19,22)/t13-/m0/s1. The molecule has 0 saturated carbocycles. The lowest BCUT2D eigenvalue weighted by Gasteiger charge is -2.28. The van der Waals surface area contributed by atoms with E-state index in [0.29, 0.717) is 17.8 Å². The molecule has 0 spiro atoms. The van der Waals surface area contributed by atoms with Crippen LogP contribution in [-0.4, -0.2) is 33.5 Å². The zero-order valence-corrected chi connectivity index (χ0v) is 12.9. The van der Waals surface area contributed by atoms with Crippen LogP contribution in [0.1, 0.15) is 23.5 Å². The molecule has 0 saturated heterocycles. The Morgan fingerprint density at radius 3 is 3.00 bits per heavy atom. The number of fused-ring (bicyclic) bond motifs is 1. The maximum absolute atomic E-state index is 13.3. The number of aryl methyl sites for hydroxylation is 1. The van der Waals surface area contributed by atoms with Crippen molar-refractivity contribution in [3.8, 4) is 0 Å². The molecule has 1 atom stereocenters. The van der Waals surface area contributed by atoms with Gasteiger partial charge in [-0.15, -0.1) is 0 Å². The summed E-state index contributed by atoms with van der Waals surface area (Å²) in [5.41, 5.74) is 1.92. The van der Waals surface area contributed by atoms with Crippen LogP contribution in [0.25, 0.3) is 0 Å².